The number of hydrogen-bond acceptors (Lipinski definition) is 8. The molecule has 0 unspecified atom stereocenters. The Kier molecular flexibility index (Phi) is 13.7. The van der Waals surface area contributed by atoms with Crippen LogP contribution in [0.3, 0.4) is 0 Å². The number of benzene rings is 3. The van der Waals surface area contributed by atoms with Gasteiger partial charge < -0.3 is 20.5 Å². The number of carboxylic acids is 1. The van der Waals surface area contributed by atoms with Crippen molar-refractivity contribution in [1.82, 2.24) is 10.6 Å². The van der Waals surface area contributed by atoms with Gasteiger partial charge in [0.2, 0.25) is 16.9 Å². The number of hydrogen-bond donors (Lipinski definition) is 3. The lowest BCUT2D eigenvalue weighted by Gasteiger charge is -2.34. The number of rotatable bonds is 17. The van der Waals surface area contributed by atoms with Gasteiger partial charge in [-0.15, -0.1) is 11.8 Å². The average molecular weight is 706 g/mol. The van der Waals surface area contributed by atoms with Crippen molar-refractivity contribution in [2.45, 2.75) is 74.6 Å². The number of carbonyl (C=O) groups is 5. The molecular weight excluding hydrogens is 663 g/mol. The summed E-state index contributed by atoms with van der Waals surface area (Å²) in [7, 11) is 0. The van der Waals surface area contributed by atoms with Crippen LogP contribution in [0.2, 0.25) is 0 Å². The molecular formula is C37H43N3O7S2. The van der Waals surface area contributed by atoms with Gasteiger partial charge in [-0.2, -0.15) is 0 Å². The largest absolute Gasteiger partial charge is 0.483 e. The Balaban J connectivity index is 1.65. The number of amides is 3. The van der Waals surface area contributed by atoms with Gasteiger partial charge in [0.05, 0.1) is 17.0 Å². The number of nitrogens with zero attached hydrogens (tertiary/aromatic N) is 1. The molecule has 0 aromatic heterocycles. The molecule has 3 amide bonds. The number of aliphatic carboxylic acids is 1. The van der Waals surface area contributed by atoms with E-state index in [1.807, 2.05) is 42.7 Å². The summed E-state index contributed by atoms with van der Waals surface area (Å²) in [5.41, 5.74) is 0.570. The highest BCUT2D eigenvalue weighted by molar-refractivity contribution is 8.14. The molecule has 3 aromatic carbocycles. The van der Waals surface area contributed by atoms with Crippen LogP contribution in [0.5, 0.6) is 5.75 Å². The zero-order chi connectivity index (χ0) is 35.4. The highest BCUT2D eigenvalue weighted by Crippen LogP contribution is 2.51. The molecule has 3 N–H and O–H groups in total. The molecule has 1 atom stereocenters. The Morgan fingerprint density at radius 3 is 2.18 bits per heavy atom. The second kappa shape index (κ2) is 17.9. The SMILES string of the molecule is CCCCC1(CCCC)C(=O)Sc2cc(OCC(=O)N[C@@H](C(=O)NCCC(=O)O)c3ccccc3)c(SC)cc2N(c2ccccc2)C1=O. The molecule has 3 aromatic rings. The number of nitrogens with one attached hydrogen (secondary N) is 2. The van der Waals surface area contributed by atoms with Gasteiger partial charge >= 0.3 is 5.97 Å². The molecule has 49 heavy (non-hydrogen) atoms. The van der Waals surface area contributed by atoms with Crippen molar-refractivity contribution in [1.29, 1.82) is 0 Å². The number of para-hydroxylation sites is 1. The zero-order valence-corrected chi connectivity index (χ0v) is 29.7. The van der Waals surface area contributed by atoms with Gasteiger partial charge in [0.1, 0.15) is 17.2 Å². The van der Waals surface area contributed by atoms with Gasteiger partial charge in [0.15, 0.2) is 6.61 Å². The van der Waals surface area contributed by atoms with E-state index in [4.69, 9.17) is 9.84 Å². The molecule has 0 fully saturated rings. The lowest BCUT2D eigenvalue weighted by Crippen LogP contribution is -2.45. The quantitative estimate of drug-likeness (QED) is 0.101. The van der Waals surface area contributed by atoms with Crippen molar-refractivity contribution in [2.24, 2.45) is 5.41 Å². The Labute approximate surface area is 295 Å². The van der Waals surface area contributed by atoms with Crippen LogP contribution in [0.25, 0.3) is 0 Å². The first-order valence-electron chi connectivity index (χ1n) is 16.5. The summed E-state index contributed by atoms with van der Waals surface area (Å²) in [6.07, 6.45) is 5.69. The minimum absolute atomic E-state index is 0.0901. The summed E-state index contributed by atoms with van der Waals surface area (Å²) >= 11 is 2.43. The van der Waals surface area contributed by atoms with Crippen LogP contribution < -0.4 is 20.3 Å². The van der Waals surface area contributed by atoms with Crippen molar-refractivity contribution in [3.8, 4) is 5.75 Å². The standard InChI is InChI=1S/C37H43N3O7S2/c1-4-6-19-37(20-7-5-2)35(45)40(26-16-12-9-13-17-26)27-22-30(48-3)28(23-29(27)49-36(37)46)47-24-31(41)39-33(25-14-10-8-11-15-25)34(44)38-21-18-32(42)43/h8-17,22-23,33H,4-7,18-21,24H2,1-3H3,(H,38,44)(H,39,41)(H,42,43)/t33-/m1/s1. The minimum Gasteiger partial charge on any atom is -0.483 e. The predicted octanol–water partition coefficient (Wildman–Crippen LogP) is 6.90. The highest BCUT2D eigenvalue weighted by Gasteiger charge is 2.50. The van der Waals surface area contributed by atoms with Crippen molar-refractivity contribution in [3.05, 3.63) is 78.4 Å². The Bertz CT molecular complexity index is 1630. The van der Waals surface area contributed by atoms with E-state index >= 15 is 0 Å². The van der Waals surface area contributed by atoms with Crippen LogP contribution >= 0.6 is 23.5 Å². The summed E-state index contributed by atoms with van der Waals surface area (Å²) in [5.74, 6) is -2.05. The molecule has 0 spiro atoms. The fraction of sp³-hybridized carbons (Fsp3) is 0.378. The fourth-order valence-corrected chi connectivity index (χ4v) is 7.34. The van der Waals surface area contributed by atoms with E-state index in [0.717, 1.165) is 37.4 Å². The normalized spacial score (nSPS) is 14.4. The molecule has 260 valence electrons. The molecule has 10 nitrogen and oxygen atoms in total. The second-order valence-corrected chi connectivity index (χ2v) is 13.6. The van der Waals surface area contributed by atoms with Crippen LogP contribution in [0.15, 0.2) is 82.6 Å². The molecule has 4 rings (SSSR count). The van der Waals surface area contributed by atoms with Crippen molar-refractivity contribution in [2.75, 3.05) is 24.3 Å². The maximum Gasteiger partial charge on any atom is 0.305 e. The van der Waals surface area contributed by atoms with Crippen molar-refractivity contribution >= 4 is 63.7 Å². The molecule has 0 saturated carbocycles. The lowest BCUT2D eigenvalue weighted by molar-refractivity contribution is -0.138. The Morgan fingerprint density at radius 2 is 1.59 bits per heavy atom. The van der Waals surface area contributed by atoms with Gasteiger partial charge in [-0.05, 0) is 60.7 Å². The summed E-state index contributed by atoms with van der Waals surface area (Å²) in [6, 6.07) is 20.4. The number of thioether (sulfide) groups is 2. The minimum atomic E-state index is -1.19. The lowest BCUT2D eigenvalue weighted by atomic mass is 9.77. The molecule has 1 heterocycles. The molecule has 1 aliphatic rings. The second-order valence-electron chi connectivity index (χ2n) is 11.8. The van der Waals surface area contributed by atoms with Gasteiger partial charge in [0.25, 0.3) is 5.91 Å². The van der Waals surface area contributed by atoms with Crippen LogP contribution in [0, 0.1) is 5.41 Å². The fourth-order valence-electron chi connectivity index (χ4n) is 5.69. The first kappa shape index (κ1) is 37.5. The third-order valence-corrected chi connectivity index (χ3v) is 10.2. The van der Waals surface area contributed by atoms with Crippen LogP contribution in [0.4, 0.5) is 11.4 Å². The van der Waals surface area contributed by atoms with Gasteiger partial charge in [-0.3, -0.25) is 28.9 Å². The van der Waals surface area contributed by atoms with Crippen LogP contribution in [-0.4, -0.2) is 53.3 Å². The Morgan fingerprint density at radius 1 is 0.959 bits per heavy atom. The maximum absolute atomic E-state index is 14.7. The van der Waals surface area contributed by atoms with E-state index in [0.29, 0.717) is 45.3 Å². The molecule has 0 aliphatic carbocycles. The third-order valence-electron chi connectivity index (χ3n) is 8.32. The number of fused-ring (bicyclic) bond motifs is 1. The average Bonchev–Trinajstić information content (AvgIpc) is 3.19. The van der Waals surface area contributed by atoms with Gasteiger partial charge in [0, 0.05) is 17.1 Å². The third kappa shape index (κ3) is 9.24. The summed E-state index contributed by atoms with van der Waals surface area (Å²) in [5, 5.41) is 14.0. The number of carbonyl (C=O) groups excluding carboxylic acids is 4. The first-order valence-corrected chi connectivity index (χ1v) is 18.5. The van der Waals surface area contributed by atoms with E-state index in [-0.39, 0.29) is 24.0 Å². The van der Waals surface area contributed by atoms with Gasteiger partial charge in [-0.25, -0.2) is 0 Å². The van der Waals surface area contributed by atoms with Crippen molar-refractivity contribution < 1.29 is 33.8 Å². The van der Waals surface area contributed by atoms with Crippen molar-refractivity contribution in [3.63, 3.8) is 0 Å². The zero-order valence-electron chi connectivity index (χ0n) is 28.0. The smallest absolute Gasteiger partial charge is 0.305 e. The van der Waals surface area contributed by atoms with Gasteiger partial charge in [-0.1, -0.05) is 88.1 Å². The van der Waals surface area contributed by atoms with E-state index in [1.54, 1.807) is 41.3 Å². The molecule has 0 bridgehead atoms. The van der Waals surface area contributed by atoms with E-state index in [9.17, 15) is 24.0 Å². The molecule has 1 aliphatic heterocycles. The summed E-state index contributed by atoms with van der Waals surface area (Å²) < 4.78 is 6.04. The number of carboxylic acid groups (broad SMARTS) is 1. The van der Waals surface area contributed by atoms with E-state index in [2.05, 4.69) is 24.5 Å². The van der Waals surface area contributed by atoms with Crippen LogP contribution in [-0.2, 0) is 24.0 Å². The maximum atomic E-state index is 14.7. The predicted molar refractivity (Wildman–Crippen MR) is 192 cm³/mol. The number of ether oxygens (including phenoxy) is 1. The Hall–Kier alpha value is -4.29. The summed E-state index contributed by atoms with van der Waals surface area (Å²) in [4.78, 5) is 68.9. The van der Waals surface area contributed by atoms with E-state index in [1.165, 1.54) is 11.8 Å². The molecule has 0 radical (unpaired) electrons. The molecule has 0 saturated heterocycles. The summed E-state index contributed by atoms with van der Waals surface area (Å²) in [6.45, 7) is 3.57. The monoisotopic (exact) mass is 705 g/mol. The number of anilines is 2. The first-order chi connectivity index (χ1) is 23.6. The van der Waals surface area contributed by atoms with Crippen LogP contribution in [0.1, 0.15) is 70.4 Å². The van der Waals surface area contributed by atoms with E-state index < -0.39 is 35.8 Å². The number of unbranched alkanes of at least 4 members (excludes halogenated alkanes) is 2. The highest BCUT2D eigenvalue weighted by atomic mass is 32.2. The molecule has 12 heteroatoms. The topological polar surface area (TPSA) is 142 Å².